The average Bonchev–Trinajstić information content (AvgIpc) is 3.14. The molecule has 1 heterocycles. The van der Waals surface area contributed by atoms with Crippen LogP contribution in [0.2, 0.25) is 0 Å². The Kier molecular flexibility index (Phi) is 4.34. The van der Waals surface area contributed by atoms with Crippen molar-refractivity contribution < 1.29 is 4.52 Å². The van der Waals surface area contributed by atoms with Crippen LogP contribution in [0.3, 0.4) is 0 Å². The second-order valence-electron chi connectivity index (χ2n) is 7.94. The summed E-state index contributed by atoms with van der Waals surface area (Å²) in [5, 5.41) is 7.72. The summed E-state index contributed by atoms with van der Waals surface area (Å²) in [5.74, 6) is 3.10. The van der Waals surface area contributed by atoms with Gasteiger partial charge in [0, 0.05) is 24.9 Å². The van der Waals surface area contributed by atoms with Gasteiger partial charge in [0.1, 0.15) is 0 Å². The summed E-state index contributed by atoms with van der Waals surface area (Å²) in [6, 6.07) is 0.750. The van der Waals surface area contributed by atoms with Crippen molar-refractivity contribution in [3.63, 3.8) is 0 Å². The van der Waals surface area contributed by atoms with Crippen LogP contribution < -0.4 is 5.32 Å². The van der Waals surface area contributed by atoms with Gasteiger partial charge in [0.2, 0.25) is 5.89 Å². The zero-order chi connectivity index (χ0) is 14.9. The van der Waals surface area contributed by atoms with Crippen molar-refractivity contribution in [2.75, 3.05) is 6.54 Å². The predicted molar refractivity (Wildman–Crippen MR) is 83.2 cm³/mol. The molecule has 2 fully saturated rings. The molecular weight excluding hydrogens is 262 g/mol. The highest BCUT2D eigenvalue weighted by Crippen LogP contribution is 2.42. The first-order valence-electron chi connectivity index (χ1n) is 8.58. The summed E-state index contributed by atoms with van der Waals surface area (Å²) in [7, 11) is 0. The lowest BCUT2D eigenvalue weighted by Gasteiger charge is -2.36. The number of hydrogen-bond donors (Lipinski definition) is 1. The van der Waals surface area contributed by atoms with Crippen LogP contribution in [0.1, 0.15) is 76.9 Å². The fourth-order valence-electron chi connectivity index (χ4n) is 3.42. The molecule has 1 aromatic heterocycles. The Bertz CT molecular complexity index is 451. The monoisotopic (exact) mass is 291 g/mol. The number of nitrogens with zero attached hydrogens (tertiary/aromatic N) is 2. The average molecular weight is 291 g/mol. The Labute approximate surface area is 128 Å². The molecule has 0 atom stereocenters. The molecule has 118 valence electrons. The molecule has 0 saturated heterocycles. The van der Waals surface area contributed by atoms with E-state index in [-0.39, 0.29) is 0 Å². The molecule has 0 radical (unpaired) electrons. The Hall–Kier alpha value is -0.900. The van der Waals surface area contributed by atoms with Crippen LogP contribution in [0.5, 0.6) is 0 Å². The van der Waals surface area contributed by atoms with E-state index in [0.717, 1.165) is 36.6 Å². The van der Waals surface area contributed by atoms with E-state index < -0.39 is 0 Å². The molecule has 2 aliphatic rings. The maximum absolute atomic E-state index is 5.41. The second kappa shape index (κ2) is 6.07. The standard InChI is InChI=1S/C17H29N3O/c1-17(2,3)13-6-4-12(5-7-13)16-19-15(21-20-16)10-11-18-14-8-9-14/h12-14,18H,4-11H2,1-3H3. The summed E-state index contributed by atoms with van der Waals surface area (Å²) >= 11 is 0. The van der Waals surface area contributed by atoms with Gasteiger partial charge in [0.25, 0.3) is 0 Å². The number of rotatable bonds is 5. The van der Waals surface area contributed by atoms with E-state index in [1.807, 2.05) is 0 Å². The van der Waals surface area contributed by atoms with Gasteiger partial charge >= 0.3 is 0 Å². The molecule has 1 N–H and O–H groups in total. The van der Waals surface area contributed by atoms with Crippen LogP contribution in [0.4, 0.5) is 0 Å². The molecule has 21 heavy (non-hydrogen) atoms. The number of aromatic nitrogens is 2. The van der Waals surface area contributed by atoms with Gasteiger partial charge < -0.3 is 9.84 Å². The molecule has 0 unspecified atom stereocenters. The van der Waals surface area contributed by atoms with Crippen LogP contribution in [0.15, 0.2) is 4.52 Å². The van der Waals surface area contributed by atoms with Gasteiger partial charge in [-0.2, -0.15) is 4.98 Å². The Balaban J connectivity index is 1.47. The zero-order valence-electron chi connectivity index (χ0n) is 13.7. The summed E-state index contributed by atoms with van der Waals surface area (Å²) in [5.41, 5.74) is 0.432. The third kappa shape index (κ3) is 4.06. The molecule has 0 amide bonds. The molecule has 4 nitrogen and oxygen atoms in total. The van der Waals surface area contributed by atoms with Gasteiger partial charge in [-0.05, 0) is 49.9 Å². The minimum Gasteiger partial charge on any atom is -0.339 e. The molecule has 0 spiro atoms. The number of hydrogen-bond acceptors (Lipinski definition) is 4. The maximum atomic E-state index is 5.41. The van der Waals surface area contributed by atoms with Crippen LogP contribution in [0.25, 0.3) is 0 Å². The third-order valence-electron chi connectivity index (χ3n) is 5.15. The summed E-state index contributed by atoms with van der Waals surface area (Å²) in [4.78, 5) is 4.62. The lowest BCUT2D eigenvalue weighted by atomic mass is 9.70. The van der Waals surface area contributed by atoms with Gasteiger partial charge in [0.15, 0.2) is 5.82 Å². The van der Waals surface area contributed by atoms with Crippen LogP contribution in [-0.2, 0) is 6.42 Å². The van der Waals surface area contributed by atoms with E-state index in [1.165, 1.54) is 38.5 Å². The molecule has 2 aliphatic carbocycles. The van der Waals surface area contributed by atoms with Crippen molar-refractivity contribution in [1.29, 1.82) is 0 Å². The van der Waals surface area contributed by atoms with Gasteiger partial charge in [-0.3, -0.25) is 0 Å². The molecule has 3 rings (SSSR count). The Morgan fingerprint density at radius 1 is 1.10 bits per heavy atom. The first kappa shape index (κ1) is 15.0. The lowest BCUT2D eigenvalue weighted by molar-refractivity contribution is 0.166. The first-order valence-corrected chi connectivity index (χ1v) is 8.58. The Morgan fingerprint density at radius 3 is 2.43 bits per heavy atom. The highest BCUT2D eigenvalue weighted by Gasteiger charge is 2.32. The molecule has 0 aromatic carbocycles. The smallest absolute Gasteiger partial charge is 0.227 e. The topological polar surface area (TPSA) is 51.0 Å². The van der Waals surface area contributed by atoms with E-state index in [0.29, 0.717) is 11.3 Å². The van der Waals surface area contributed by atoms with Crippen LogP contribution >= 0.6 is 0 Å². The first-order chi connectivity index (χ1) is 10.0. The van der Waals surface area contributed by atoms with Crippen molar-refractivity contribution in [2.45, 2.75) is 77.7 Å². The normalized spacial score (nSPS) is 27.0. The second-order valence-corrected chi connectivity index (χ2v) is 7.94. The van der Waals surface area contributed by atoms with Crippen molar-refractivity contribution in [3.05, 3.63) is 11.7 Å². The third-order valence-corrected chi connectivity index (χ3v) is 5.15. The minimum absolute atomic E-state index is 0.432. The minimum atomic E-state index is 0.432. The molecule has 0 bridgehead atoms. The van der Waals surface area contributed by atoms with Crippen molar-refractivity contribution in [3.8, 4) is 0 Å². The van der Waals surface area contributed by atoms with Crippen LogP contribution in [-0.4, -0.2) is 22.7 Å². The van der Waals surface area contributed by atoms with Crippen molar-refractivity contribution >= 4 is 0 Å². The molecule has 0 aliphatic heterocycles. The van der Waals surface area contributed by atoms with Crippen molar-refractivity contribution in [1.82, 2.24) is 15.5 Å². The summed E-state index contributed by atoms with van der Waals surface area (Å²) < 4.78 is 5.41. The molecule has 2 saturated carbocycles. The van der Waals surface area contributed by atoms with Gasteiger partial charge in [-0.15, -0.1) is 0 Å². The van der Waals surface area contributed by atoms with Gasteiger partial charge in [-0.25, -0.2) is 0 Å². The molecule has 1 aromatic rings. The van der Waals surface area contributed by atoms with Gasteiger partial charge in [-0.1, -0.05) is 25.9 Å². The fourth-order valence-corrected chi connectivity index (χ4v) is 3.42. The highest BCUT2D eigenvalue weighted by atomic mass is 16.5. The van der Waals surface area contributed by atoms with E-state index >= 15 is 0 Å². The quantitative estimate of drug-likeness (QED) is 0.899. The molecule has 4 heteroatoms. The maximum Gasteiger partial charge on any atom is 0.227 e. The lowest BCUT2D eigenvalue weighted by Crippen LogP contribution is -2.25. The van der Waals surface area contributed by atoms with Crippen molar-refractivity contribution in [2.24, 2.45) is 11.3 Å². The van der Waals surface area contributed by atoms with Gasteiger partial charge in [0.05, 0.1) is 0 Å². The summed E-state index contributed by atoms with van der Waals surface area (Å²) in [6.07, 6.45) is 8.52. The largest absolute Gasteiger partial charge is 0.339 e. The number of nitrogens with one attached hydrogen (secondary N) is 1. The fraction of sp³-hybridized carbons (Fsp3) is 0.882. The zero-order valence-corrected chi connectivity index (χ0v) is 13.7. The Morgan fingerprint density at radius 2 is 1.81 bits per heavy atom. The highest BCUT2D eigenvalue weighted by molar-refractivity contribution is 4.99. The van der Waals surface area contributed by atoms with E-state index in [4.69, 9.17) is 4.52 Å². The van der Waals surface area contributed by atoms with E-state index in [1.54, 1.807) is 0 Å². The predicted octanol–water partition coefficient (Wildman–Crippen LogP) is 3.68. The summed E-state index contributed by atoms with van der Waals surface area (Å²) in [6.45, 7) is 8.04. The molecular formula is C17H29N3O. The van der Waals surface area contributed by atoms with E-state index in [2.05, 4.69) is 36.2 Å². The van der Waals surface area contributed by atoms with E-state index in [9.17, 15) is 0 Å². The SMILES string of the molecule is CC(C)(C)C1CCC(c2noc(CCNC3CC3)n2)CC1. The van der Waals surface area contributed by atoms with Crippen LogP contribution in [0, 0.1) is 11.3 Å².